The third-order valence-electron chi connectivity index (χ3n) is 4.86. The summed E-state index contributed by atoms with van der Waals surface area (Å²) in [5, 5.41) is 8.80. The summed E-state index contributed by atoms with van der Waals surface area (Å²) >= 11 is 0. The van der Waals surface area contributed by atoms with Gasteiger partial charge in [0.25, 0.3) is 0 Å². The van der Waals surface area contributed by atoms with Crippen molar-refractivity contribution in [1.82, 2.24) is 4.90 Å². The predicted molar refractivity (Wildman–Crippen MR) is 108 cm³/mol. The van der Waals surface area contributed by atoms with Crippen molar-refractivity contribution in [2.24, 2.45) is 0 Å². The zero-order chi connectivity index (χ0) is 18.9. The standard InChI is InChI=1S/C23H27NO3/c25-23(26)13-16-24-14-11-20(12-15-24)21-9-4-10-22(18-21)27-17-5-8-19-6-2-1-3-7-19/h1-4,6-7,9-11,18H,5,8,12-17H2,(H,25,26). The molecule has 2 aromatic carbocycles. The average molecular weight is 365 g/mol. The molecule has 4 heteroatoms. The van der Waals surface area contributed by atoms with Crippen LogP contribution in [0.4, 0.5) is 0 Å². The second-order valence-corrected chi connectivity index (χ2v) is 6.89. The Morgan fingerprint density at radius 2 is 1.96 bits per heavy atom. The lowest BCUT2D eigenvalue weighted by Crippen LogP contribution is -2.30. The van der Waals surface area contributed by atoms with Crippen LogP contribution in [0.3, 0.4) is 0 Å². The van der Waals surface area contributed by atoms with E-state index in [2.05, 4.69) is 47.4 Å². The molecular formula is C23H27NO3. The number of carboxylic acids is 1. The van der Waals surface area contributed by atoms with Crippen LogP contribution in [0.25, 0.3) is 5.57 Å². The van der Waals surface area contributed by atoms with Gasteiger partial charge < -0.3 is 9.84 Å². The molecule has 0 aliphatic carbocycles. The van der Waals surface area contributed by atoms with E-state index in [9.17, 15) is 4.79 Å². The van der Waals surface area contributed by atoms with E-state index >= 15 is 0 Å². The number of nitrogens with zero attached hydrogens (tertiary/aromatic N) is 1. The minimum Gasteiger partial charge on any atom is -0.494 e. The van der Waals surface area contributed by atoms with Gasteiger partial charge in [-0.1, -0.05) is 48.5 Å². The van der Waals surface area contributed by atoms with Gasteiger partial charge in [-0.15, -0.1) is 0 Å². The molecule has 1 aliphatic rings. The lowest BCUT2D eigenvalue weighted by Gasteiger charge is -2.26. The fourth-order valence-corrected chi connectivity index (χ4v) is 3.33. The highest BCUT2D eigenvalue weighted by molar-refractivity contribution is 5.68. The van der Waals surface area contributed by atoms with Crippen LogP contribution in [0.1, 0.15) is 30.4 Å². The number of hydrogen-bond donors (Lipinski definition) is 1. The second-order valence-electron chi connectivity index (χ2n) is 6.89. The number of hydrogen-bond acceptors (Lipinski definition) is 3. The minimum absolute atomic E-state index is 0.204. The number of ether oxygens (including phenoxy) is 1. The van der Waals surface area contributed by atoms with Gasteiger partial charge in [0.2, 0.25) is 0 Å². The summed E-state index contributed by atoms with van der Waals surface area (Å²) in [5.41, 5.74) is 3.86. The predicted octanol–water partition coefficient (Wildman–Crippen LogP) is 4.26. The molecule has 0 bridgehead atoms. The average Bonchev–Trinajstić information content (AvgIpc) is 2.71. The summed E-state index contributed by atoms with van der Waals surface area (Å²) < 4.78 is 5.94. The van der Waals surface area contributed by atoms with Crippen LogP contribution in [-0.4, -0.2) is 42.2 Å². The van der Waals surface area contributed by atoms with Crippen LogP contribution in [0.2, 0.25) is 0 Å². The van der Waals surface area contributed by atoms with E-state index in [-0.39, 0.29) is 6.42 Å². The quantitative estimate of drug-likeness (QED) is 0.675. The van der Waals surface area contributed by atoms with Crippen molar-refractivity contribution < 1.29 is 14.6 Å². The van der Waals surface area contributed by atoms with E-state index in [1.807, 2.05) is 18.2 Å². The van der Waals surface area contributed by atoms with Crippen molar-refractivity contribution in [2.45, 2.75) is 25.7 Å². The highest BCUT2D eigenvalue weighted by Gasteiger charge is 2.14. The van der Waals surface area contributed by atoms with Crippen molar-refractivity contribution in [3.05, 3.63) is 71.8 Å². The molecule has 0 aromatic heterocycles. The molecular weight excluding hydrogens is 338 g/mol. The maximum absolute atomic E-state index is 10.7. The summed E-state index contributed by atoms with van der Waals surface area (Å²) in [7, 11) is 0. The maximum atomic E-state index is 10.7. The van der Waals surface area contributed by atoms with Gasteiger partial charge >= 0.3 is 5.97 Å². The first-order chi connectivity index (χ1) is 13.2. The highest BCUT2D eigenvalue weighted by atomic mass is 16.5. The Labute approximate surface area is 161 Å². The van der Waals surface area contributed by atoms with Crippen molar-refractivity contribution in [1.29, 1.82) is 0 Å². The van der Waals surface area contributed by atoms with Crippen LogP contribution in [0, 0.1) is 0 Å². The van der Waals surface area contributed by atoms with Crippen LogP contribution in [0.5, 0.6) is 5.75 Å². The van der Waals surface area contributed by atoms with Gasteiger partial charge in [0.15, 0.2) is 0 Å². The third kappa shape index (κ3) is 6.26. The molecule has 3 rings (SSSR count). The minimum atomic E-state index is -0.734. The van der Waals surface area contributed by atoms with E-state index in [0.29, 0.717) is 13.2 Å². The molecule has 1 aliphatic heterocycles. The first kappa shape index (κ1) is 19.2. The van der Waals surface area contributed by atoms with Gasteiger partial charge in [-0.05, 0) is 48.1 Å². The Bertz CT molecular complexity index is 770. The molecule has 0 fully saturated rings. The van der Waals surface area contributed by atoms with E-state index in [4.69, 9.17) is 9.84 Å². The third-order valence-corrected chi connectivity index (χ3v) is 4.86. The fraction of sp³-hybridized carbons (Fsp3) is 0.348. The van der Waals surface area contributed by atoms with Gasteiger partial charge in [0, 0.05) is 19.6 Å². The summed E-state index contributed by atoms with van der Waals surface area (Å²) in [5.74, 6) is 0.177. The van der Waals surface area contributed by atoms with E-state index in [1.54, 1.807) is 0 Å². The molecule has 0 spiro atoms. The Kier molecular flexibility index (Phi) is 7.05. The lowest BCUT2D eigenvalue weighted by molar-refractivity contribution is -0.137. The van der Waals surface area contributed by atoms with Crippen molar-refractivity contribution in [3.63, 3.8) is 0 Å². The Hall–Kier alpha value is -2.59. The topological polar surface area (TPSA) is 49.8 Å². The normalized spacial score (nSPS) is 14.6. The zero-order valence-electron chi connectivity index (χ0n) is 15.6. The molecule has 27 heavy (non-hydrogen) atoms. The number of benzene rings is 2. The lowest BCUT2D eigenvalue weighted by atomic mass is 9.99. The number of rotatable bonds is 9. The summed E-state index contributed by atoms with van der Waals surface area (Å²) in [4.78, 5) is 12.9. The summed E-state index contributed by atoms with van der Waals surface area (Å²) in [6, 6.07) is 18.8. The Balaban J connectivity index is 1.48. The molecule has 1 heterocycles. The smallest absolute Gasteiger partial charge is 0.304 e. The van der Waals surface area contributed by atoms with Crippen molar-refractivity contribution in [2.75, 3.05) is 26.2 Å². The monoisotopic (exact) mass is 365 g/mol. The number of carbonyl (C=O) groups is 1. The molecule has 142 valence electrons. The molecule has 4 nitrogen and oxygen atoms in total. The van der Waals surface area contributed by atoms with Gasteiger partial charge in [0.1, 0.15) is 5.75 Å². The zero-order valence-corrected chi connectivity index (χ0v) is 15.6. The highest BCUT2D eigenvalue weighted by Crippen LogP contribution is 2.25. The second kappa shape index (κ2) is 9.93. The van der Waals surface area contributed by atoms with Gasteiger partial charge in [-0.25, -0.2) is 0 Å². The van der Waals surface area contributed by atoms with Gasteiger partial charge in [-0.3, -0.25) is 9.69 Å². The van der Waals surface area contributed by atoms with Gasteiger partial charge in [-0.2, -0.15) is 0 Å². The first-order valence-electron chi connectivity index (χ1n) is 9.61. The Morgan fingerprint density at radius 3 is 2.70 bits per heavy atom. The summed E-state index contributed by atoms with van der Waals surface area (Å²) in [6.45, 7) is 3.04. The van der Waals surface area contributed by atoms with Crippen LogP contribution < -0.4 is 4.74 Å². The van der Waals surface area contributed by atoms with Crippen LogP contribution in [0.15, 0.2) is 60.7 Å². The molecule has 0 amide bonds. The molecule has 0 atom stereocenters. The van der Waals surface area contributed by atoms with Crippen molar-refractivity contribution in [3.8, 4) is 5.75 Å². The molecule has 0 saturated heterocycles. The molecule has 0 radical (unpaired) electrons. The number of aryl methyl sites for hydroxylation is 1. The number of carboxylic acid groups (broad SMARTS) is 1. The SMILES string of the molecule is O=C(O)CCN1CC=C(c2cccc(OCCCc3ccccc3)c2)CC1. The van der Waals surface area contributed by atoms with Crippen molar-refractivity contribution >= 4 is 11.5 Å². The first-order valence-corrected chi connectivity index (χ1v) is 9.61. The van der Waals surface area contributed by atoms with E-state index < -0.39 is 5.97 Å². The largest absolute Gasteiger partial charge is 0.494 e. The van der Waals surface area contributed by atoms with Crippen LogP contribution in [-0.2, 0) is 11.2 Å². The fourth-order valence-electron chi connectivity index (χ4n) is 3.33. The maximum Gasteiger partial charge on any atom is 0.304 e. The van der Waals surface area contributed by atoms with Gasteiger partial charge in [0.05, 0.1) is 13.0 Å². The van der Waals surface area contributed by atoms with E-state index in [1.165, 1.54) is 16.7 Å². The van der Waals surface area contributed by atoms with E-state index in [0.717, 1.165) is 38.1 Å². The molecule has 2 aromatic rings. The van der Waals surface area contributed by atoms with Crippen LogP contribution >= 0.6 is 0 Å². The number of aliphatic carboxylic acids is 1. The molecule has 1 N–H and O–H groups in total. The summed E-state index contributed by atoms with van der Waals surface area (Å²) in [6.07, 6.45) is 5.37. The molecule has 0 unspecified atom stereocenters. The Morgan fingerprint density at radius 1 is 1.11 bits per heavy atom. The molecule has 0 saturated carbocycles.